The highest BCUT2D eigenvalue weighted by molar-refractivity contribution is 6.00. The summed E-state index contributed by atoms with van der Waals surface area (Å²) in [5.74, 6) is -0.784. The second-order valence-electron chi connectivity index (χ2n) is 4.82. The van der Waals surface area contributed by atoms with E-state index in [4.69, 9.17) is 5.11 Å². The molecule has 5 nitrogen and oxygen atoms in total. The van der Waals surface area contributed by atoms with Crippen LogP contribution in [0.4, 0.5) is 0 Å². The van der Waals surface area contributed by atoms with Gasteiger partial charge in [0.25, 0.3) is 5.91 Å². The van der Waals surface area contributed by atoms with Gasteiger partial charge in [0.2, 0.25) is 0 Å². The monoisotopic (exact) mass is 266 g/mol. The molecule has 0 aromatic carbocycles. The van der Waals surface area contributed by atoms with E-state index in [0.29, 0.717) is 29.3 Å². The van der Waals surface area contributed by atoms with Crippen LogP contribution in [0.5, 0.6) is 0 Å². The smallest absolute Gasteiger partial charge is 0.352 e. The minimum atomic E-state index is -1.04. The first-order valence-electron chi connectivity index (χ1n) is 6.62. The summed E-state index contributed by atoms with van der Waals surface area (Å²) in [7, 11) is 0. The fourth-order valence-corrected chi connectivity index (χ4v) is 2.21. The number of carbonyl (C=O) groups is 2. The molecule has 106 valence electrons. The third-order valence-corrected chi connectivity index (χ3v) is 3.58. The molecule has 0 aliphatic carbocycles. The molecule has 0 aliphatic rings. The Balaban J connectivity index is 2.86. The molecular weight excluding hydrogens is 244 g/mol. The fraction of sp³-hybridized carbons (Fsp3) is 0.571. The van der Waals surface area contributed by atoms with Crippen LogP contribution in [-0.2, 0) is 0 Å². The Morgan fingerprint density at radius 3 is 2.26 bits per heavy atom. The van der Waals surface area contributed by atoms with Gasteiger partial charge in [0.15, 0.2) is 0 Å². The quantitative estimate of drug-likeness (QED) is 0.739. The van der Waals surface area contributed by atoms with E-state index in [1.54, 1.807) is 13.8 Å². The molecule has 0 saturated carbocycles. The van der Waals surface area contributed by atoms with Gasteiger partial charge < -0.3 is 15.4 Å². The minimum absolute atomic E-state index is 0.0881. The lowest BCUT2D eigenvalue weighted by atomic mass is 10.0. The van der Waals surface area contributed by atoms with Gasteiger partial charge in [0.1, 0.15) is 5.69 Å². The zero-order valence-corrected chi connectivity index (χ0v) is 12.0. The molecule has 0 fully saturated rings. The number of carboxylic acid groups (broad SMARTS) is 1. The predicted molar refractivity (Wildman–Crippen MR) is 73.6 cm³/mol. The van der Waals surface area contributed by atoms with Gasteiger partial charge in [-0.25, -0.2) is 4.79 Å². The molecule has 0 radical (unpaired) electrons. The molecule has 1 rings (SSSR count). The molecular formula is C14H22N2O3. The molecule has 3 N–H and O–H groups in total. The zero-order chi connectivity index (χ0) is 14.6. The number of aromatic carboxylic acids is 1. The number of aromatic amines is 1. The Labute approximate surface area is 113 Å². The van der Waals surface area contributed by atoms with Crippen LogP contribution in [0.15, 0.2) is 0 Å². The predicted octanol–water partition coefficient (Wildman–Crippen LogP) is 2.50. The summed E-state index contributed by atoms with van der Waals surface area (Å²) in [6.45, 7) is 8.17. The summed E-state index contributed by atoms with van der Waals surface area (Å²) in [6.07, 6.45) is 2.03. The lowest BCUT2D eigenvalue weighted by Crippen LogP contribution is -2.29. The van der Waals surface area contributed by atoms with E-state index in [0.717, 1.165) is 12.8 Å². The number of aryl methyl sites for hydroxylation is 1. The zero-order valence-electron chi connectivity index (χ0n) is 12.0. The van der Waals surface area contributed by atoms with E-state index < -0.39 is 5.97 Å². The highest BCUT2D eigenvalue weighted by Gasteiger charge is 2.21. The summed E-state index contributed by atoms with van der Waals surface area (Å²) < 4.78 is 0. The third kappa shape index (κ3) is 3.36. The van der Waals surface area contributed by atoms with Crippen molar-refractivity contribution in [3.63, 3.8) is 0 Å². The largest absolute Gasteiger partial charge is 0.477 e. The lowest BCUT2D eigenvalue weighted by molar-refractivity contribution is 0.0690. The average Bonchev–Trinajstić information content (AvgIpc) is 2.66. The minimum Gasteiger partial charge on any atom is -0.477 e. The molecule has 0 bridgehead atoms. The molecule has 0 aliphatic heterocycles. The molecule has 0 saturated heterocycles. The standard InChI is InChI=1S/C14H22N2O3/c1-5-10(6-2)7-15-13(17)11-8(3)12(14(18)19)16-9(11)4/h10,16H,5-7H2,1-4H3,(H,15,17)(H,18,19). The molecule has 0 spiro atoms. The van der Waals surface area contributed by atoms with Crippen LogP contribution in [0, 0.1) is 19.8 Å². The number of H-pyrrole nitrogens is 1. The lowest BCUT2D eigenvalue weighted by Gasteiger charge is -2.13. The van der Waals surface area contributed by atoms with Gasteiger partial charge in [-0.3, -0.25) is 4.79 Å². The van der Waals surface area contributed by atoms with E-state index in [1.807, 2.05) is 0 Å². The summed E-state index contributed by atoms with van der Waals surface area (Å²) in [5.41, 5.74) is 1.62. The van der Waals surface area contributed by atoms with Crippen LogP contribution in [0.25, 0.3) is 0 Å². The fourth-order valence-electron chi connectivity index (χ4n) is 2.21. The topological polar surface area (TPSA) is 82.2 Å². The first-order chi connectivity index (χ1) is 8.92. The van der Waals surface area contributed by atoms with E-state index in [1.165, 1.54) is 0 Å². The number of carbonyl (C=O) groups excluding carboxylic acids is 1. The molecule has 1 aromatic rings. The number of hydrogen-bond donors (Lipinski definition) is 3. The maximum atomic E-state index is 12.1. The van der Waals surface area contributed by atoms with Crippen molar-refractivity contribution in [1.29, 1.82) is 0 Å². The Morgan fingerprint density at radius 1 is 1.26 bits per heavy atom. The molecule has 0 unspecified atom stereocenters. The van der Waals surface area contributed by atoms with E-state index in [-0.39, 0.29) is 11.6 Å². The number of rotatable bonds is 6. The molecule has 19 heavy (non-hydrogen) atoms. The Bertz CT molecular complexity index is 473. The molecule has 5 heteroatoms. The third-order valence-electron chi connectivity index (χ3n) is 3.58. The van der Waals surface area contributed by atoms with Crippen molar-refractivity contribution in [2.45, 2.75) is 40.5 Å². The van der Waals surface area contributed by atoms with Crippen molar-refractivity contribution in [3.05, 3.63) is 22.5 Å². The Kier molecular flexibility index (Phi) is 5.15. The first-order valence-corrected chi connectivity index (χ1v) is 6.62. The van der Waals surface area contributed by atoms with E-state index in [9.17, 15) is 9.59 Å². The van der Waals surface area contributed by atoms with Crippen molar-refractivity contribution in [2.75, 3.05) is 6.54 Å². The van der Waals surface area contributed by atoms with Crippen LogP contribution in [0.1, 0.15) is 58.8 Å². The summed E-state index contributed by atoms with van der Waals surface area (Å²) >= 11 is 0. The van der Waals surface area contributed by atoms with Gasteiger partial charge in [0, 0.05) is 12.2 Å². The van der Waals surface area contributed by atoms with Crippen molar-refractivity contribution in [1.82, 2.24) is 10.3 Å². The van der Waals surface area contributed by atoms with Crippen molar-refractivity contribution in [2.24, 2.45) is 5.92 Å². The summed E-state index contributed by atoms with van der Waals surface area (Å²) in [5, 5.41) is 11.9. The number of amides is 1. The van der Waals surface area contributed by atoms with Gasteiger partial charge in [-0.2, -0.15) is 0 Å². The van der Waals surface area contributed by atoms with Gasteiger partial charge >= 0.3 is 5.97 Å². The number of carboxylic acids is 1. The normalized spacial score (nSPS) is 10.8. The van der Waals surface area contributed by atoms with Crippen LogP contribution in [0.3, 0.4) is 0 Å². The van der Waals surface area contributed by atoms with Gasteiger partial charge in [0.05, 0.1) is 5.56 Å². The van der Waals surface area contributed by atoms with Gasteiger partial charge in [-0.15, -0.1) is 0 Å². The molecule has 1 amide bonds. The summed E-state index contributed by atoms with van der Waals surface area (Å²) in [6, 6.07) is 0. The number of aromatic nitrogens is 1. The van der Waals surface area contributed by atoms with Gasteiger partial charge in [-0.1, -0.05) is 26.7 Å². The van der Waals surface area contributed by atoms with E-state index >= 15 is 0 Å². The first kappa shape index (κ1) is 15.3. The highest BCUT2D eigenvalue weighted by Crippen LogP contribution is 2.18. The van der Waals surface area contributed by atoms with Crippen molar-refractivity contribution < 1.29 is 14.7 Å². The second kappa shape index (κ2) is 6.41. The van der Waals surface area contributed by atoms with Crippen LogP contribution in [-0.4, -0.2) is 28.5 Å². The Morgan fingerprint density at radius 2 is 1.84 bits per heavy atom. The summed E-state index contributed by atoms with van der Waals surface area (Å²) in [4.78, 5) is 25.9. The second-order valence-corrected chi connectivity index (χ2v) is 4.82. The van der Waals surface area contributed by atoms with Crippen LogP contribution >= 0.6 is 0 Å². The number of hydrogen-bond acceptors (Lipinski definition) is 2. The highest BCUT2D eigenvalue weighted by atomic mass is 16.4. The SMILES string of the molecule is CCC(CC)CNC(=O)c1c(C)[nH]c(C(=O)O)c1C. The van der Waals surface area contributed by atoms with Gasteiger partial charge in [-0.05, 0) is 25.3 Å². The van der Waals surface area contributed by atoms with Crippen molar-refractivity contribution in [3.8, 4) is 0 Å². The Hall–Kier alpha value is -1.78. The maximum absolute atomic E-state index is 12.1. The molecule has 1 heterocycles. The van der Waals surface area contributed by atoms with E-state index in [2.05, 4.69) is 24.1 Å². The van der Waals surface area contributed by atoms with Crippen LogP contribution < -0.4 is 5.32 Å². The average molecular weight is 266 g/mol. The maximum Gasteiger partial charge on any atom is 0.352 e. The molecule has 1 aromatic heterocycles. The van der Waals surface area contributed by atoms with Crippen molar-refractivity contribution >= 4 is 11.9 Å². The number of nitrogens with one attached hydrogen (secondary N) is 2. The molecule has 0 atom stereocenters. The van der Waals surface area contributed by atoms with Crippen LogP contribution in [0.2, 0.25) is 0 Å².